The summed E-state index contributed by atoms with van der Waals surface area (Å²) in [4.78, 5) is 13.2. The van der Waals surface area contributed by atoms with Gasteiger partial charge in [-0.1, -0.05) is 41.6 Å². The van der Waals surface area contributed by atoms with Crippen molar-refractivity contribution in [3.63, 3.8) is 0 Å². The monoisotopic (exact) mass is 447 g/mol. The maximum Gasteiger partial charge on any atom is 0.253 e. The topological polar surface area (TPSA) is 89.7 Å². The average Bonchev–Trinajstić information content (AvgIpc) is 3.59. The Morgan fingerprint density at radius 2 is 1.88 bits per heavy atom. The van der Waals surface area contributed by atoms with E-state index in [4.69, 9.17) is 8.83 Å². The fraction of sp³-hybridized carbons (Fsp3) is 0.217. The number of rotatable bonds is 6. The molecule has 0 N–H and O–H groups in total. The standard InChI is InChI=1S/C23H21N5O3S/c1-15-7-9-16(10-8-15)17-13-18(19-5-3-11-30-19)28(26-17)21(29)14-32-23-25-24-22(27(23)2)20-6-4-12-31-20/h3-12,18H,13-14H2,1-2H3/t18-/m0/s1. The fourth-order valence-electron chi connectivity index (χ4n) is 3.62. The smallest absolute Gasteiger partial charge is 0.253 e. The number of hydrazone groups is 1. The van der Waals surface area contributed by atoms with Gasteiger partial charge < -0.3 is 13.4 Å². The number of hydrogen-bond acceptors (Lipinski definition) is 7. The van der Waals surface area contributed by atoms with Crippen molar-refractivity contribution in [3.05, 3.63) is 77.9 Å². The Morgan fingerprint density at radius 1 is 1.09 bits per heavy atom. The average molecular weight is 448 g/mol. The van der Waals surface area contributed by atoms with Gasteiger partial charge in [0.1, 0.15) is 11.8 Å². The molecule has 1 aromatic carbocycles. The lowest BCUT2D eigenvalue weighted by atomic mass is 10.0. The lowest BCUT2D eigenvalue weighted by Crippen LogP contribution is -2.28. The van der Waals surface area contributed by atoms with E-state index >= 15 is 0 Å². The molecular formula is C23H21N5O3S. The van der Waals surface area contributed by atoms with E-state index in [2.05, 4.69) is 15.3 Å². The van der Waals surface area contributed by atoms with Gasteiger partial charge in [-0.2, -0.15) is 5.10 Å². The molecule has 0 saturated carbocycles. The second-order valence-electron chi connectivity index (χ2n) is 7.52. The van der Waals surface area contributed by atoms with Gasteiger partial charge in [0.15, 0.2) is 16.7 Å². The fourth-order valence-corrected chi connectivity index (χ4v) is 4.38. The van der Waals surface area contributed by atoms with Crippen molar-refractivity contribution in [2.45, 2.75) is 24.5 Å². The summed E-state index contributed by atoms with van der Waals surface area (Å²) >= 11 is 1.31. The lowest BCUT2D eigenvalue weighted by molar-refractivity contribution is -0.130. The second kappa shape index (κ2) is 8.51. The Kier molecular flexibility index (Phi) is 5.40. The summed E-state index contributed by atoms with van der Waals surface area (Å²) in [6, 6.07) is 15.2. The van der Waals surface area contributed by atoms with E-state index in [-0.39, 0.29) is 17.7 Å². The van der Waals surface area contributed by atoms with E-state index in [1.54, 1.807) is 18.6 Å². The highest BCUT2D eigenvalue weighted by Gasteiger charge is 2.35. The van der Waals surface area contributed by atoms with Crippen LogP contribution in [0.1, 0.15) is 29.3 Å². The van der Waals surface area contributed by atoms with E-state index in [1.807, 2.05) is 61.0 Å². The minimum Gasteiger partial charge on any atom is -0.467 e. The summed E-state index contributed by atoms with van der Waals surface area (Å²) in [5, 5.41) is 15.2. The molecule has 1 amide bonds. The molecule has 0 spiro atoms. The number of thioether (sulfide) groups is 1. The molecule has 5 rings (SSSR count). The Labute approximate surface area is 188 Å². The first-order valence-corrected chi connectivity index (χ1v) is 11.1. The number of amides is 1. The van der Waals surface area contributed by atoms with Crippen molar-refractivity contribution in [1.29, 1.82) is 0 Å². The molecule has 0 aliphatic carbocycles. The van der Waals surface area contributed by atoms with Gasteiger partial charge in [0.2, 0.25) is 0 Å². The van der Waals surface area contributed by atoms with E-state index in [1.165, 1.54) is 22.3 Å². The Balaban J connectivity index is 1.35. The van der Waals surface area contributed by atoms with Crippen LogP contribution in [-0.2, 0) is 11.8 Å². The molecule has 162 valence electrons. The number of carbonyl (C=O) groups is 1. The largest absolute Gasteiger partial charge is 0.467 e. The van der Waals surface area contributed by atoms with Crippen LogP contribution in [0.3, 0.4) is 0 Å². The third-order valence-corrected chi connectivity index (χ3v) is 6.33. The molecule has 1 aliphatic heterocycles. The number of furan rings is 2. The van der Waals surface area contributed by atoms with Crippen molar-refractivity contribution in [3.8, 4) is 11.6 Å². The van der Waals surface area contributed by atoms with Crippen LogP contribution in [0, 0.1) is 6.92 Å². The summed E-state index contributed by atoms with van der Waals surface area (Å²) in [7, 11) is 1.85. The Hall–Kier alpha value is -3.59. The molecule has 0 unspecified atom stereocenters. The van der Waals surface area contributed by atoms with Crippen LogP contribution in [0.4, 0.5) is 0 Å². The third kappa shape index (κ3) is 3.87. The molecule has 32 heavy (non-hydrogen) atoms. The van der Waals surface area contributed by atoms with Crippen molar-refractivity contribution < 1.29 is 13.6 Å². The van der Waals surface area contributed by atoms with Crippen molar-refractivity contribution in [2.75, 3.05) is 5.75 Å². The number of carbonyl (C=O) groups excluding carboxylic acids is 1. The number of hydrogen-bond donors (Lipinski definition) is 0. The Morgan fingerprint density at radius 3 is 2.59 bits per heavy atom. The molecule has 0 bridgehead atoms. The molecule has 9 heteroatoms. The SMILES string of the molecule is Cc1ccc(C2=NN(C(=O)CSc3nnc(-c4ccco4)n3C)[C@H](c3ccco3)C2)cc1. The van der Waals surface area contributed by atoms with Crippen LogP contribution in [0.5, 0.6) is 0 Å². The summed E-state index contributed by atoms with van der Waals surface area (Å²) in [6.45, 7) is 2.04. The van der Waals surface area contributed by atoms with Gasteiger partial charge in [0, 0.05) is 13.5 Å². The van der Waals surface area contributed by atoms with Crippen molar-refractivity contribution >= 4 is 23.4 Å². The zero-order chi connectivity index (χ0) is 22.1. The third-order valence-electron chi connectivity index (χ3n) is 5.32. The van der Waals surface area contributed by atoms with Crippen molar-refractivity contribution in [2.24, 2.45) is 12.1 Å². The summed E-state index contributed by atoms with van der Waals surface area (Å²) in [5.74, 6) is 2.00. The van der Waals surface area contributed by atoms with Gasteiger partial charge in [-0.25, -0.2) is 5.01 Å². The Bertz CT molecular complexity index is 1240. The van der Waals surface area contributed by atoms with E-state index in [0.717, 1.165) is 11.3 Å². The first-order valence-electron chi connectivity index (χ1n) is 10.2. The molecule has 0 radical (unpaired) electrons. The van der Waals surface area contributed by atoms with Gasteiger partial charge in [0.05, 0.1) is 24.0 Å². The maximum atomic E-state index is 13.2. The molecule has 4 aromatic rings. The zero-order valence-corrected chi connectivity index (χ0v) is 18.5. The number of aryl methyl sites for hydroxylation is 1. The summed E-state index contributed by atoms with van der Waals surface area (Å²) < 4.78 is 12.8. The molecule has 8 nitrogen and oxygen atoms in total. The first-order chi connectivity index (χ1) is 15.6. The number of aromatic nitrogens is 3. The van der Waals surface area contributed by atoms with Crippen LogP contribution in [0.25, 0.3) is 11.6 Å². The quantitative estimate of drug-likeness (QED) is 0.406. The van der Waals surface area contributed by atoms with E-state index in [0.29, 0.717) is 28.9 Å². The molecule has 0 saturated heterocycles. The molecule has 1 aliphatic rings. The molecule has 4 heterocycles. The number of benzene rings is 1. The first kappa shape index (κ1) is 20.3. The molecular weight excluding hydrogens is 426 g/mol. The van der Waals surface area contributed by atoms with Crippen LogP contribution >= 0.6 is 11.8 Å². The summed E-state index contributed by atoms with van der Waals surface area (Å²) in [5.41, 5.74) is 3.05. The van der Waals surface area contributed by atoms with Gasteiger partial charge in [-0.05, 0) is 36.8 Å². The lowest BCUT2D eigenvalue weighted by Gasteiger charge is -2.19. The predicted molar refractivity (Wildman–Crippen MR) is 120 cm³/mol. The number of nitrogens with zero attached hydrogens (tertiary/aromatic N) is 5. The molecule has 0 fully saturated rings. The maximum absolute atomic E-state index is 13.2. The van der Waals surface area contributed by atoms with Crippen LogP contribution in [0.15, 0.2) is 80.1 Å². The predicted octanol–water partition coefficient (Wildman–Crippen LogP) is 4.45. The van der Waals surface area contributed by atoms with Crippen LogP contribution < -0.4 is 0 Å². The van der Waals surface area contributed by atoms with Crippen molar-refractivity contribution in [1.82, 2.24) is 19.8 Å². The van der Waals surface area contributed by atoms with E-state index < -0.39 is 0 Å². The molecule has 3 aromatic heterocycles. The molecule has 1 atom stereocenters. The van der Waals surface area contributed by atoms with Gasteiger partial charge >= 0.3 is 0 Å². The summed E-state index contributed by atoms with van der Waals surface area (Å²) in [6.07, 6.45) is 3.80. The zero-order valence-electron chi connectivity index (χ0n) is 17.6. The van der Waals surface area contributed by atoms with Gasteiger partial charge in [-0.3, -0.25) is 4.79 Å². The highest BCUT2D eigenvalue weighted by Crippen LogP contribution is 2.34. The van der Waals surface area contributed by atoms with Crippen LogP contribution in [-0.4, -0.2) is 37.1 Å². The van der Waals surface area contributed by atoms with Gasteiger partial charge in [0.25, 0.3) is 5.91 Å². The highest BCUT2D eigenvalue weighted by atomic mass is 32.2. The highest BCUT2D eigenvalue weighted by molar-refractivity contribution is 7.99. The second-order valence-corrected chi connectivity index (χ2v) is 8.46. The van der Waals surface area contributed by atoms with Crippen LogP contribution in [0.2, 0.25) is 0 Å². The normalized spacial score (nSPS) is 15.9. The van der Waals surface area contributed by atoms with Gasteiger partial charge in [-0.15, -0.1) is 10.2 Å². The minimum absolute atomic E-state index is 0.124. The van der Waals surface area contributed by atoms with E-state index in [9.17, 15) is 4.79 Å². The minimum atomic E-state index is -0.271.